The predicted octanol–water partition coefficient (Wildman–Crippen LogP) is 10.5. The van der Waals surface area contributed by atoms with Crippen LogP contribution < -0.4 is 5.32 Å². The Kier molecular flexibility index (Phi) is 39.9. The highest BCUT2D eigenvalue weighted by atomic mass is 31.2. The van der Waals surface area contributed by atoms with E-state index in [1.807, 2.05) is 0 Å². The van der Waals surface area contributed by atoms with Gasteiger partial charge in [0.05, 0.1) is 31.3 Å². The van der Waals surface area contributed by atoms with Gasteiger partial charge < -0.3 is 46.0 Å². The molecule has 0 radical (unpaired) electrons. The maximum atomic E-state index is 13.1. The third-order valence-corrected chi connectivity index (χ3v) is 14.4. The van der Waals surface area contributed by atoms with Crippen LogP contribution in [-0.2, 0) is 18.4 Å². The molecule has 66 heavy (non-hydrogen) atoms. The smallest absolute Gasteiger partial charge is 0.393 e. The van der Waals surface area contributed by atoms with E-state index in [2.05, 4.69) is 19.2 Å². The molecule has 0 spiro atoms. The van der Waals surface area contributed by atoms with Gasteiger partial charge in [0.15, 0.2) is 0 Å². The molecule has 0 aliphatic heterocycles. The van der Waals surface area contributed by atoms with E-state index in [0.717, 1.165) is 44.9 Å². The highest BCUT2D eigenvalue weighted by Gasteiger charge is 2.51. The Hall–Kier alpha value is -0.960. The second-order valence-corrected chi connectivity index (χ2v) is 21.0. The number of phosphoric ester groups is 1. The van der Waals surface area contributed by atoms with E-state index in [9.17, 15) is 50.0 Å². The molecule has 1 aliphatic carbocycles. The summed E-state index contributed by atoms with van der Waals surface area (Å²) in [6.45, 7) is 3.78. The number of aliphatic hydroxyl groups is 7. The number of phosphoric acid groups is 1. The Morgan fingerprint density at radius 1 is 0.530 bits per heavy atom. The lowest BCUT2D eigenvalue weighted by atomic mass is 9.85. The summed E-state index contributed by atoms with van der Waals surface area (Å²) in [4.78, 5) is 23.5. The summed E-state index contributed by atoms with van der Waals surface area (Å²) < 4.78 is 23.0. The number of rotatable bonds is 46. The molecule has 392 valence electrons. The first kappa shape index (κ1) is 63.1. The number of aliphatic hydroxyl groups excluding tert-OH is 7. The fraction of sp³-hybridized carbons (Fsp3) is 0.942. The molecule has 1 amide bonds. The molecule has 0 aromatic carbocycles. The Balaban J connectivity index is 2.44. The summed E-state index contributed by atoms with van der Waals surface area (Å²) in [6, 6.07) is -1.24. The van der Waals surface area contributed by atoms with E-state index in [1.165, 1.54) is 179 Å². The van der Waals surface area contributed by atoms with E-state index in [-0.39, 0.29) is 6.42 Å². The Labute approximate surface area is 401 Å². The van der Waals surface area contributed by atoms with Crippen molar-refractivity contribution >= 4 is 13.7 Å². The van der Waals surface area contributed by atoms with Crippen LogP contribution in [0.25, 0.3) is 0 Å². The summed E-state index contributed by atoms with van der Waals surface area (Å²) in [5, 5.41) is 74.8. The van der Waals surface area contributed by atoms with Crippen LogP contribution in [0.5, 0.6) is 0 Å². The largest absolute Gasteiger partial charge is 0.472 e. The zero-order valence-corrected chi connectivity index (χ0v) is 42.8. The van der Waals surface area contributed by atoms with Gasteiger partial charge in [-0.2, -0.15) is 0 Å². The lowest BCUT2D eigenvalue weighted by Gasteiger charge is -2.41. The third-order valence-electron chi connectivity index (χ3n) is 13.4. The van der Waals surface area contributed by atoms with Crippen molar-refractivity contribution in [2.24, 2.45) is 0 Å². The van der Waals surface area contributed by atoms with Gasteiger partial charge in [0.2, 0.25) is 5.91 Å². The van der Waals surface area contributed by atoms with Crippen molar-refractivity contribution in [3.63, 3.8) is 0 Å². The van der Waals surface area contributed by atoms with Crippen molar-refractivity contribution in [1.82, 2.24) is 5.32 Å². The van der Waals surface area contributed by atoms with Gasteiger partial charge in [-0.15, -0.1) is 0 Å². The molecule has 1 rings (SSSR count). The average Bonchev–Trinajstić information content (AvgIpc) is 3.29. The first-order valence-electron chi connectivity index (χ1n) is 27.2. The molecule has 9 N–H and O–H groups in total. The summed E-state index contributed by atoms with van der Waals surface area (Å²) >= 11 is 0. The average molecular weight is 964 g/mol. The summed E-state index contributed by atoms with van der Waals surface area (Å²) in [7, 11) is -5.14. The van der Waals surface area contributed by atoms with Crippen molar-refractivity contribution in [1.29, 1.82) is 0 Å². The van der Waals surface area contributed by atoms with Crippen LogP contribution in [0.1, 0.15) is 251 Å². The van der Waals surface area contributed by atoms with Crippen molar-refractivity contribution in [3.05, 3.63) is 12.2 Å². The molecule has 1 fully saturated rings. The summed E-state index contributed by atoms with van der Waals surface area (Å²) in [5.74, 6) is -0.587. The standard InChI is InChI=1S/C52H102NO12P/c1-3-5-7-9-11-13-15-17-19-21-22-24-25-27-29-31-33-35-37-39-43(54)41-46(56)53-44(42-64-66(62,63)65-52-50(60)48(58)47(57)49(59)51(52)61)45(55)40-38-36-34-32-30-28-26-23-20-18-16-14-12-10-8-6-4-2/h38,40,43-45,47-52,54-55,57-61H,3-37,39,41-42H2,1-2H3,(H,53,56)(H,62,63)/b40-38+. The van der Waals surface area contributed by atoms with E-state index < -0.39 is 75.2 Å². The fourth-order valence-corrected chi connectivity index (χ4v) is 9.92. The minimum absolute atomic E-state index is 0.239. The van der Waals surface area contributed by atoms with Gasteiger partial charge in [0.1, 0.15) is 36.6 Å². The van der Waals surface area contributed by atoms with Crippen molar-refractivity contribution in [2.45, 2.75) is 306 Å². The maximum absolute atomic E-state index is 13.1. The highest BCUT2D eigenvalue weighted by Crippen LogP contribution is 2.47. The lowest BCUT2D eigenvalue weighted by molar-refractivity contribution is -0.220. The zero-order valence-electron chi connectivity index (χ0n) is 41.9. The minimum Gasteiger partial charge on any atom is -0.393 e. The Morgan fingerprint density at radius 2 is 0.864 bits per heavy atom. The van der Waals surface area contributed by atoms with Gasteiger partial charge in [-0.3, -0.25) is 13.8 Å². The van der Waals surface area contributed by atoms with Crippen LogP contribution in [0.3, 0.4) is 0 Å². The van der Waals surface area contributed by atoms with Gasteiger partial charge in [-0.25, -0.2) is 4.57 Å². The van der Waals surface area contributed by atoms with E-state index in [1.54, 1.807) is 6.08 Å². The summed E-state index contributed by atoms with van der Waals surface area (Å²) in [6.07, 6.45) is 32.9. The molecule has 0 aromatic rings. The molecule has 14 heteroatoms. The number of hydrogen-bond acceptors (Lipinski definition) is 11. The van der Waals surface area contributed by atoms with Crippen LogP contribution >= 0.6 is 7.82 Å². The lowest BCUT2D eigenvalue weighted by Crippen LogP contribution is -2.64. The first-order valence-corrected chi connectivity index (χ1v) is 28.7. The number of amides is 1. The van der Waals surface area contributed by atoms with E-state index in [0.29, 0.717) is 12.8 Å². The normalized spacial score (nSPS) is 22.4. The van der Waals surface area contributed by atoms with Gasteiger partial charge in [-0.05, 0) is 19.3 Å². The number of hydrogen-bond donors (Lipinski definition) is 9. The highest BCUT2D eigenvalue weighted by molar-refractivity contribution is 7.47. The van der Waals surface area contributed by atoms with Crippen molar-refractivity contribution < 1.29 is 59.0 Å². The van der Waals surface area contributed by atoms with Crippen LogP contribution in [0.15, 0.2) is 12.2 Å². The number of unbranched alkanes of at least 4 members (excludes halogenated alkanes) is 33. The Bertz CT molecular complexity index is 1180. The second kappa shape index (κ2) is 41.8. The van der Waals surface area contributed by atoms with Crippen molar-refractivity contribution in [3.8, 4) is 0 Å². The SMILES string of the molecule is CCCCCCCCCCCCCCCCC/C=C/C(O)C(COP(=O)(O)OC1C(O)C(O)C(O)C(O)C1O)NC(=O)CC(O)CCCCCCCCCCCCCCCCCCCCC. The van der Waals surface area contributed by atoms with Gasteiger partial charge in [0.25, 0.3) is 0 Å². The van der Waals surface area contributed by atoms with Crippen LogP contribution in [0.2, 0.25) is 0 Å². The second-order valence-electron chi connectivity index (χ2n) is 19.6. The fourth-order valence-electron chi connectivity index (χ4n) is 8.95. The van der Waals surface area contributed by atoms with Crippen molar-refractivity contribution in [2.75, 3.05) is 6.61 Å². The van der Waals surface area contributed by atoms with Crippen LogP contribution in [0.4, 0.5) is 0 Å². The zero-order chi connectivity index (χ0) is 48.7. The maximum Gasteiger partial charge on any atom is 0.472 e. The molecular formula is C52H102NO12P. The van der Waals surface area contributed by atoms with Gasteiger partial charge in [-0.1, -0.05) is 238 Å². The van der Waals surface area contributed by atoms with Crippen LogP contribution in [0, 0.1) is 0 Å². The monoisotopic (exact) mass is 964 g/mol. The van der Waals surface area contributed by atoms with Gasteiger partial charge in [0, 0.05) is 0 Å². The quantitative estimate of drug-likeness (QED) is 0.0158. The molecular weight excluding hydrogens is 862 g/mol. The number of carbonyl (C=O) groups is 1. The molecule has 8 atom stereocenters. The minimum atomic E-state index is -5.14. The van der Waals surface area contributed by atoms with Gasteiger partial charge >= 0.3 is 7.82 Å². The Morgan fingerprint density at radius 3 is 1.24 bits per heavy atom. The molecule has 1 saturated carbocycles. The predicted molar refractivity (Wildman–Crippen MR) is 266 cm³/mol. The molecule has 13 nitrogen and oxygen atoms in total. The number of nitrogens with one attached hydrogen (secondary N) is 1. The first-order chi connectivity index (χ1) is 31.8. The number of carbonyl (C=O) groups excluding carboxylic acids is 1. The molecule has 1 aliphatic rings. The molecule has 8 unspecified atom stereocenters. The molecule has 0 heterocycles. The van der Waals surface area contributed by atoms with E-state index >= 15 is 0 Å². The van der Waals surface area contributed by atoms with E-state index in [4.69, 9.17) is 9.05 Å². The summed E-state index contributed by atoms with van der Waals surface area (Å²) in [5.41, 5.74) is 0. The third kappa shape index (κ3) is 32.8. The molecule has 0 saturated heterocycles. The molecule has 0 aromatic heterocycles. The van der Waals surface area contributed by atoms with Crippen LogP contribution in [-0.4, -0.2) is 108 Å². The number of allylic oxidation sites excluding steroid dienone is 1. The molecule has 0 bridgehead atoms. The topological polar surface area (TPSA) is 226 Å².